The van der Waals surface area contributed by atoms with E-state index in [9.17, 15) is 0 Å². The van der Waals surface area contributed by atoms with Crippen LogP contribution in [0.1, 0.15) is 42.6 Å². The van der Waals surface area contributed by atoms with E-state index < -0.39 is 0 Å². The average molecular weight is 323 g/mol. The van der Waals surface area contributed by atoms with Crippen molar-refractivity contribution in [2.75, 3.05) is 0 Å². The van der Waals surface area contributed by atoms with Crippen LogP contribution in [-0.4, -0.2) is 26.5 Å². The molecule has 24 heavy (non-hydrogen) atoms. The molecule has 3 aromatic rings. The molecule has 3 N–H and O–H groups in total. The highest BCUT2D eigenvalue weighted by atomic mass is 16.5. The summed E-state index contributed by atoms with van der Waals surface area (Å²) in [5.41, 5.74) is 6.18. The van der Waals surface area contributed by atoms with Crippen molar-refractivity contribution in [3.63, 3.8) is 0 Å². The Hall–Kier alpha value is -2.76. The minimum Gasteiger partial charge on any atom is -0.361 e. The van der Waals surface area contributed by atoms with Gasteiger partial charge in [0, 0.05) is 17.0 Å². The van der Waals surface area contributed by atoms with E-state index in [1.54, 1.807) is 13.8 Å². The molecular formula is C18H21N5O. The highest BCUT2D eigenvalue weighted by molar-refractivity contribution is 6.10. The van der Waals surface area contributed by atoms with Crippen LogP contribution in [0.15, 0.2) is 16.7 Å². The van der Waals surface area contributed by atoms with Crippen molar-refractivity contribution in [1.29, 1.82) is 10.8 Å². The highest BCUT2D eigenvalue weighted by Crippen LogP contribution is 2.34. The second kappa shape index (κ2) is 5.70. The van der Waals surface area contributed by atoms with E-state index in [2.05, 4.69) is 15.1 Å². The number of aromatic amines is 1. The number of hydrogen-bond donors (Lipinski definition) is 3. The van der Waals surface area contributed by atoms with Gasteiger partial charge < -0.3 is 20.3 Å². The molecule has 6 nitrogen and oxygen atoms in total. The van der Waals surface area contributed by atoms with Crippen LogP contribution < -0.4 is 0 Å². The Morgan fingerprint density at radius 3 is 2.33 bits per heavy atom. The number of rotatable bonds is 4. The van der Waals surface area contributed by atoms with Gasteiger partial charge in [0.05, 0.1) is 22.6 Å². The fourth-order valence-electron chi connectivity index (χ4n) is 3.32. The molecule has 0 unspecified atom stereocenters. The predicted molar refractivity (Wildman–Crippen MR) is 95.3 cm³/mol. The Morgan fingerprint density at radius 2 is 1.79 bits per heavy atom. The molecule has 0 spiro atoms. The number of H-pyrrole nitrogens is 1. The molecule has 3 rings (SSSR count). The van der Waals surface area contributed by atoms with Crippen LogP contribution in [0.5, 0.6) is 0 Å². The molecule has 0 amide bonds. The molecule has 1 aromatic carbocycles. The van der Waals surface area contributed by atoms with Gasteiger partial charge in [0.15, 0.2) is 0 Å². The van der Waals surface area contributed by atoms with Gasteiger partial charge in [-0.15, -0.1) is 0 Å². The number of benzene rings is 1. The van der Waals surface area contributed by atoms with Gasteiger partial charge in [-0.1, -0.05) is 5.16 Å². The molecule has 2 aromatic heterocycles. The van der Waals surface area contributed by atoms with Crippen LogP contribution in [0.2, 0.25) is 0 Å². The highest BCUT2D eigenvalue weighted by Gasteiger charge is 2.23. The maximum atomic E-state index is 8.12. The lowest BCUT2D eigenvalue weighted by Gasteiger charge is -2.17. The first kappa shape index (κ1) is 16.1. The molecule has 0 radical (unpaired) electrons. The fraction of sp³-hybridized carbons (Fsp3) is 0.333. The molecular weight excluding hydrogens is 302 g/mol. The lowest BCUT2D eigenvalue weighted by atomic mass is 9.87. The fourth-order valence-corrected chi connectivity index (χ4v) is 3.32. The molecule has 0 aliphatic rings. The summed E-state index contributed by atoms with van der Waals surface area (Å²) in [7, 11) is 0. The summed E-state index contributed by atoms with van der Waals surface area (Å²) in [5.74, 6) is 1.19. The second-order valence-electron chi connectivity index (χ2n) is 6.28. The van der Waals surface area contributed by atoms with Gasteiger partial charge in [0.1, 0.15) is 11.6 Å². The van der Waals surface area contributed by atoms with Gasteiger partial charge in [-0.2, -0.15) is 0 Å². The normalized spacial score (nSPS) is 12.5. The van der Waals surface area contributed by atoms with E-state index in [1.807, 2.05) is 32.9 Å². The standard InChI is InChI=1S/C18H21N5O/c1-8(19)16(9(2)20)14-6-13(17-10(3)23-24-11(17)4)7-15-18(14)22-12(5)21-15/h6-7,16,19-20H,1-5H3,(H,21,22). The van der Waals surface area contributed by atoms with Crippen molar-refractivity contribution in [2.24, 2.45) is 0 Å². The predicted octanol–water partition coefficient (Wildman–Crippen LogP) is 4.31. The van der Waals surface area contributed by atoms with Crippen LogP contribution in [-0.2, 0) is 0 Å². The van der Waals surface area contributed by atoms with Gasteiger partial charge in [-0.25, -0.2) is 4.98 Å². The minimum atomic E-state index is -0.379. The second-order valence-corrected chi connectivity index (χ2v) is 6.28. The van der Waals surface area contributed by atoms with Crippen molar-refractivity contribution in [3.8, 4) is 11.1 Å². The summed E-state index contributed by atoms with van der Waals surface area (Å²) < 4.78 is 5.30. The van der Waals surface area contributed by atoms with Crippen LogP contribution in [0.3, 0.4) is 0 Å². The maximum absolute atomic E-state index is 8.12. The van der Waals surface area contributed by atoms with E-state index in [0.717, 1.165) is 45.0 Å². The van der Waals surface area contributed by atoms with E-state index in [4.69, 9.17) is 15.3 Å². The summed E-state index contributed by atoms with van der Waals surface area (Å²) in [6.07, 6.45) is 0. The Balaban J connectivity index is 2.35. The maximum Gasteiger partial charge on any atom is 0.141 e. The van der Waals surface area contributed by atoms with Gasteiger partial charge in [-0.3, -0.25) is 0 Å². The van der Waals surface area contributed by atoms with Crippen molar-refractivity contribution >= 4 is 22.5 Å². The Kier molecular flexibility index (Phi) is 3.83. The monoisotopic (exact) mass is 323 g/mol. The van der Waals surface area contributed by atoms with E-state index in [-0.39, 0.29) is 5.92 Å². The Labute approximate surface area is 140 Å². The molecule has 124 valence electrons. The summed E-state index contributed by atoms with van der Waals surface area (Å²) in [6.45, 7) is 9.17. The van der Waals surface area contributed by atoms with Crippen molar-refractivity contribution < 1.29 is 4.52 Å². The first-order valence-electron chi connectivity index (χ1n) is 7.83. The number of nitrogens with one attached hydrogen (secondary N) is 3. The summed E-state index contributed by atoms with van der Waals surface area (Å²) in [6, 6.07) is 4.04. The molecule has 0 fully saturated rings. The minimum absolute atomic E-state index is 0.379. The van der Waals surface area contributed by atoms with E-state index in [0.29, 0.717) is 11.4 Å². The number of fused-ring (bicyclic) bond motifs is 1. The van der Waals surface area contributed by atoms with Crippen molar-refractivity contribution in [2.45, 2.75) is 40.5 Å². The van der Waals surface area contributed by atoms with Crippen molar-refractivity contribution in [3.05, 3.63) is 35.0 Å². The van der Waals surface area contributed by atoms with Gasteiger partial charge in [0.25, 0.3) is 0 Å². The zero-order chi connectivity index (χ0) is 17.6. The zero-order valence-corrected chi connectivity index (χ0v) is 14.5. The number of hydrogen-bond acceptors (Lipinski definition) is 5. The van der Waals surface area contributed by atoms with Crippen LogP contribution in [0, 0.1) is 31.6 Å². The molecule has 0 aliphatic carbocycles. The topological polar surface area (TPSA) is 102 Å². The number of imidazole rings is 1. The molecule has 6 heteroatoms. The Morgan fingerprint density at radius 1 is 1.12 bits per heavy atom. The third-order valence-corrected chi connectivity index (χ3v) is 4.23. The first-order chi connectivity index (χ1) is 11.3. The number of aryl methyl sites for hydroxylation is 3. The largest absolute Gasteiger partial charge is 0.361 e. The third-order valence-electron chi connectivity index (χ3n) is 4.23. The summed E-state index contributed by atoms with van der Waals surface area (Å²) in [4.78, 5) is 7.85. The van der Waals surface area contributed by atoms with E-state index >= 15 is 0 Å². The zero-order valence-electron chi connectivity index (χ0n) is 14.5. The van der Waals surface area contributed by atoms with E-state index in [1.165, 1.54) is 0 Å². The lowest BCUT2D eigenvalue weighted by molar-refractivity contribution is 0.393. The molecule has 0 atom stereocenters. The first-order valence-corrected chi connectivity index (χ1v) is 7.83. The van der Waals surface area contributed by atoms with Crippen LogP contribution in [0.4, 0.5) is 0 Å². The molecule has 0 saturated heterocycles. The van der Waals surface area contributed by atoms with Crippen LogP contribution >= 0.6 is 0 Å². The SMILES string of the molecule is CC(=N)C(C(C)=N)c1cc(-c2c(C)noc2C)cc2[nH]c(C)nc12. The quantitative estimate of drug-likeness (QED) is 0.623. The smallest absolute Gasteiger partial charge is 0.141 e. The number of nitrogens with zero attached hydrogens (tertiary/aromatic N) is 2. The molecule has 0 aliphatic heterocycles. The van der Waals surface area contributed by atoms with Gasteiger partial charge in [-0.05, 0) is 57.9 Å². The third kappa shape index (κ3) is 2.54. The lowest BCUT2D eigenvalue weighted by Crippen LogP contribution is -2.16. The van der Waals surface area contributed by atoms with Gasteiger partial charge >= 0.3 is 0 Å². The average Bonchev–Trinajstić information content (AvgIpc) is 3.00. The molecule has 0 bridgehead atoms. The Bertz CT molecular complexity index is 930. The van der Waals surface area contributed by atoms with Crippen LogP contribution in [0.25, 0.3) is 22.2 Å². The molecule has 2 heterocycles. The summed E-state index contributed by atoms with van der Waals surface area (Å²) in [5, 5.41) is 20.3. The number of aromatic nitrogens is 3. The van der Waals surface area contributed by atoms with Crippen molar-refractivity contribution in [1.82, 2.24) is 15.1 Å². The molecule has 0 saturated carbocycles. The van der Waals surface area contributed by atoms with Gasteiger partial charge in [0.2, 0.25) is 0 Å². The summed E-state index contributed by atoms with van der Waals surface area (Å²) >= 11 is 0.